The van der Waals surface area contributed by atoms with Gasteiger partial charge in [0.1, 0.15) is 11.9 Å². The maximum atomic E-state index is 13.2. The highest BCUT2D eigenvalue weighted by Crippen LogP contribution is 2.07. The Bertz CT molecular complexity index is 735. The standard InChI is InChI=1S/C20H24FN3O2/c1-14(2)18(24-20(26)23-17-9-4-3-5-10-17)19(25)22-12-11-15-7-6-8-16(21)13-15/h3-10,13-14,18H,11-12H2,1-2H3,(H,22,25)(H2,23,24,26). The van der Waals surface area contributed by atoms with Gasteiger partial charge in [0, 0.05) is 12.2 Å². The lowest BCUT2D eigenvalue weighted by atomic mass is 10.0. The smallest absolute Gasteiger partial charge is 0.319 e. The Kier molecular flexibility index (Phi) is 7.14. The van der Waals surface area contributed by atoms with E-state index < -0.39 is 12.1 Å². The van der Waals surface area contributed by atoms with Crippen LogP contribution in [0.5, 0.6) is 0 Å². The van der Waals surface area contributed by atoms with E-state index in [2.05, 4.69) is 16.0 Å². The number of rotatable bonds is 7. The minimum atomic E-state index is -0.661. The predicted molar refractivity (Wildman–Crippen MR) is 100 cm³/mol. The molecule has 0 bridgehead atoms. The Morgan fingerprint density at radius 2 is 1.77 bits per heavy atom. The first-order valence-electron chi connectivity index (χ1n) is 8.60. The van der Waals surface area contributed by atoms with E-state index in [9.17, 15) is 14.0 Å². The van der Waals surface area contributed by atoms with Gasteiger partial charge < -0.3 is 16.0 Å². The predicted octanol–water partition coefficient (Wildman–Crippen LogP) is 3.33. The van der Waals surface area contributed by atoms with E-state index in [1.165, 1.54) is 12.1 Å². The molecule has 0 spiro atoms. The molecular formula is C20H24FN3O2. The normalized spacial score (nSPS) is 11.7. The van der Waals surface area contributed by atoms with Crippen LogP contribution in [0.4, 0.5) is 14.9 Å². The van der Waals surface area contributed by atoms with Gasteiger partial charge in [-0.15, -0.1) is 0 Å². The second-order valence-corrected chi connectivity index (χ2v) is 6.36. The van der Waals surface area contributed by atoms with Gasteiger partial charge in [-0.1, -0.05) is 44.2 Å². The summed E-state index contributed by atoms with van der Waals surface area (Å²) in [5.74, 6) is -0.640. The Labute approximate surface area is 153 Å². The number of hydrogen-bond acceptors (Lipinski definition) is 2. The van der Waals surface area contributed by atoms with Gasteiger partial charge in [-0.05, 0) is 42.2 Å². The summed E-state index contributed by atoms with van der Waals surface area (Å²) in [7, 11) is 0. The van der Waals surface area contributed by atoms with Gasteiger partial charge in [-0.3, -0.25) is 4.79 Å². The summed E-state index contributed by atoms with van der Waals surface area (Å²) in [5.41, 5.74) is 1.46. The van der Waals surface area contributed by atoms with E-state index in [0.29, 0.717) is 18.7 Å². The van der Waals surface area contributed by atoms with Crippen molar-refractivity contribution in [2.75, 3.05) is 11.9 Å². The van der Waals surface area contributed by atoms with Gasteiger partial charge in [-0.25, -0.2) is 9.18 Å². The van der Waals surface area contributed by atoms with Crippen molar-refractivity contribution < 1.29 is 14.0 Å². The fourth-order valence-corrected chi connectivity index (χ4v) is 2.50. The topological polar surface area (TPSA) is 70.2 Å². The van der Waals surface area contributed by atoms with E-state index in [-0.39, 0.29) is 17.6 Å². The zero-order chi connectivity index (χ0) is 18.9. The molecular weight excluding hydrogens is 333 g/mol. The molecule has 0 aliphatic heterocycles. The molecule has 1 unspecified atom stereocenters. The molecule has 26 heavy (non-hydrogen) atoms. The zero-order valence-corrected chi connectivity index (χ0v) is 15.0. The van der Waals surface area contributed by atoms with Crippen LogP contribution in [-0.2, 0) is 11.2 Å². The van der Waals surface area contributed by atoms with Crippen LogP contribution in [0.15, 0.2) is 54.6 Å². The van der Waals surface area contributed by atoms with Crippen molar-refractivity contribution in [3.8, 4) is 0 Å². The molecule has 0 saturated heterocycles. The zero-order valence-electron chi connectivity index (χ0n) is 15.0. The van der Waals surface area contributed by atoms with Crippen molar-refractivity contribution in [2.24, 2.45) is 5.92 Å². The number of urea groups is 1. The fourth-order valence-electron chi connectivity index (χ4n) is 2.50. The molecule has 0 heterocycles. The summed E-state index contributed by atoms with van der Waals surface area (Å²) in [6.07, 6.45) is 0.518. The average Bonchev–Trinajstić information content (AvgIpc) is 2.60. The SMILES string of the molecule is CC(C)C(NC(=O)Nc1ccccc1)C(=O)NCCc1cccc(F)c1. The third kappa shape index (κ3) is 6.20. The van der Waals surface area contributed by atoms with Crippen LogP contribution in [-0.4, -0.2) is 24.5 Å². The van der Waals surface area contributed by atoms with Crippen LogP contribution in [0.1, 0.15) is 19.4 Å². The van der Waals surface area contributed by atoms with Crippen molar-refractivity contribution in [2.45, 2.75) is 26.3 Å². The molecule has 6 heteroatoms. The number of carbonyl (C=O) groups is 2. The molecule has 0 radical (unpaired) electrons. The van der Waals surface area contributed by atoms with Gasteiger partial charge in [-0.2, -0.15) is 0 Å². The van der Waals surface area contributed by atoms with Crippen LogP contribution >= 0.6 is 0 Å². The summed E-state index contributed by atoms with van der Waals surface area (Å²) >= 11 is 0. The van der Waals surface area contributed by atoms with Gasteiger partial charge in [0.05, 0.1) is 0 Å². The Balaban J connectivity index is 1.85. The number of benzene rings is 2. The molecule has 0 aliphatic carbocycles. The van der Waals surface area contributed by atoms with Crippen molar-refractivity contribution in [1.29, 1.82) is 0 Å². The molecule has 0 fully saturated rings. The van der Waals surface area contributed by atoms with E-state index in [1.807, 2.05) is 32.0 Å². The van der Waals surface area contributed by atoms with Crippen LogP contribution in [0.25, 0.3) is 0 Å². The van der Waals surface area contributed by atoms with Crippen molar-refractivity contribution in [1.82, 2.24) is 10.6 Å². The number of halogens is 1. The number of carbonyl (C=O) groups excluding carboxylic acids is 2. The fraction of sp³-hybridized carbons (Fsp3) is 0.300. The highest BCUT2D eigenvalue weighted by Gasteiger charge is 2.23. The third-order valence-electron chi connectivity index (χ3n) is 3.87. The number of nitrogens with one attached hydrogen (secondary N) is 3. The molecule has 0 saturated carbocycles. The van der Waals surface area contributed by atoms with Crippen molar-refractivity contribution >= 4 is 17.6 Å². The summed E-state index contributed by atoms with van der Waals surface area (Å²) in [6, 6.07) is 14.2. The van der Waals surface area contributed by atoms with E-state index in [4.69, 9.17) is 0 Å². The summed E-state index contributed by atoms with van der Waals surface area (Å²) in [6.45, 7) is 4.09. The maximum Gasteiger partial charge on any atom is 0.319 e. The van der Waals surface area contributed by atoms with Crippen LogP contribution in [0.3, 0.4) is 0 Å². The first kappa shape index (κ1) is 19.4. The molecule has 1 atom stereocenters. The highest BCUT2D eigenvalue weighted by molar-refractivity contribution is 5.93. The monoisotopic (exact) mass is 357 g/mol. The molecule has 0 aliphatic rings. The summed E-state index contributed by atoms with van der Waals surface area (Å²) in [4.78, 5) is 24.5. The molecule has 3 N–H and O–H groups in total. The van der Waals surface area contributed by atoms with E-state index in [1.54, 1.807) is 24.3 Å². The molecule has 0 aromatic heterocycles. The van der Waals surface area contributed by atoms with Crippen LogP contribution in [0.2, 0.25) is 0 Å². The first-order chi connectivity index (χ1) is 12.5. The molecule has 138 valence electrons. The van der Waals surface area contributed by atoms with Crippen LogP contribution < -0.4 is 16.0 Å². The molecule has 5 nitrogen and oxygen atoms in total. The minimum absolute atomic E-state index is 0.0781. The van der Waals surface area contributed by atoms with Gasteiger partial charge in [0.2, 0.25) is 5.91 Å². The van der Waals surface area contributed by atoms with Crippen molar-refractivity contribution in [3.63, 3.8) is 0 Å². The molecule has 2 rings (SSSR count). The largest absolute Gasteiger partial charge is 0.354 e. The van der Waals surface area contributed by atoms with Gasteiger partial charge in [0.25, 0.3) is 0 Å². The van der Waals surface area contributed by atoms with E-state index in [0.717, 1.165) is 5.56 Å². The average molecular weight is 357 g/mol. The second kappa shape index (κ2) is 9.56. The van der Waals surface area contributed by atoms with Gasteiger partial charge >= 0.3 is 6.03 Å². The molecule has 3 amide bonds. The Morgan fingerprint density at radius 1 is 1.04 bits per heavy atom. The molecule has 2 aromatic carbocycles. The lowest BCUT2D eigenvalue weighted by Gasteiger charge is -2.22. The van der Waals surface area contributed by atoms with Gasteiger partial charge in [0.15, 0.2) is 0 Å². The summed E-state index contributed by atoms with van der Waals surface area (Å²) < 4.78 is 13.2. The quantitative estimate of drug-likeness (QED) is 0.711. The lowest BCUT2D eigenvalue weighted by Crippen LogP contribution is -2.51. The second-order valence-electron chi connectivity index (χ2n) is 6.36. The first-order valence-corrected chi connectivity index (χ1v) is 8.60. The number of para-hydroxylation sites is 1. The lowest BCUT2D eigenvalue weighted by molar-refractivity contribution is -0.123. The highest BCUT2D eigenvalue weighted by atomic mass is 19.1. The number of amides is 3. The van der Waals surface area contributed by atoms with Crippen molar-refractivity contribution in [3.05, 3.63) is 66.0 Å². The molecule has 2 aromatic rings. The number of anilines is 1. The summed E-state index contributed by atoms with van der Waals surface area (Å²) in [5, 5.41) is 8.20. The third-order valence-corrected chi connectivity index (χ3v) is 3.87. The Morgan fingerprint density at radius 3 is 2.42 bits per heavy atom. The minimum Gasteiger partial charge on any atom is -0.354 e. The van der Waals surface area contributed by atoms with Crippen LogP contribution in [0, 0.1) is 11.7 Å². The van der Waals surface area contributed by atoms with E-state index >= 15 is 0 Å². The number of hydrogen-bond donors (Lipinski definition) is 3. The maximum absolute atomic E-state index is 13.2. The Hall–Kier alpha value is -2.89.